The third-order valence-electron chi connectivity index (χ3n) is 18.7. The van der Waals surface area contributed by atoms with Gasteiger partial charge < -0.3 is 81.8 Å². The van der Waals surface area contributed by atoms with Crippen molar-refractivity contribution in [1.82, 2.24) is 109 Å². The van der Waals surface area contributed by atoms with E-state index < -0.39 is 40.1 Å². The topological polar surface area (TPSA) is 708 Å². The van der Waals surface area contributed by atoms with Crippen LogP contribution in [0.4, 0.5) is 93.6 Å². The fourth-order valence-corrected chi connectivity index (χ4v) is 15.3. The van der Waals surface area contributed by atoms with Crippen LogP contribution in [-0.4, -0.2) is 190 Å². The molecule has 8 aromatic heterocycles. The zero-order valence-electron chi connectivity index (χ0n) is 65.6. The van der Waals surface area contributed by atoms with E-state index in [2.05, 4.69) is 132 Å². The number of hydrogen-bond donors (Lipinski definition) is 18. The fraction of sp³-hybridized carbons (Fsp3) is 0.239. The standard InChI is InChI=1S/C19H17Cl2N9O2S.2C18H24N10O2S.C16H20N10O2S/c20-14-3-1-2-11(17(14)21)9-24-15-8-16(26-10-25-15)30-18(22)28-19(29-30)27-12-4-6-13(7-5-12)33(23,31)32;1-20-31(29,30)10-12-2-4-13(5-3-12)25-18-26-17(19)28(27-18)16-8-15(22-11-23-16)24-14-6-7-21-9-14;19-11-2-1-3-13(8-11)24-15-9-16(23-10-22-15)28-17(20)26-18(27-28)25-12-4-6-14(7-5-12)31(21,29)30;17-10-5-6-25(8-10)13-7-14(21-9-20-13)26-15(18)23-16(24-26)22-11-1-3-12(4-2-11)29(19,27)28/h1-8,10H,9H2,(H2,23,31,32)(H,24,25,26)(H3,22,27,28,29);2-5,8,11,14,20-21H,6-7,9-10H2,1H3,(H,22,23,24)(H3,19,25,26,27);4-7,9-11,13H,1-3,8,19H2,(H2,21,29,30)(H,22,23,24)(H3,20,25,26,27);1-4,7,9-10H,5-6,8,17H2,(H2,19,27,28)(H3,18,22,23,24)/t;;;10-/m...0/s1. The molecule has 0 bridgehead atoms. The summed E-state index contributed by atoms with van der Waals surface area (Å²) in [6.07, 6.45) is 11.7. The second-order valence-corrected chi connectivity index (χ2v) is 35.3. The first-order valence-electron chi connectivity index (χ1n) is 37.5. The summed E-state index contributed by atoms with van der Waals surface area (Å²) in [5.74, 6) is 5.78. The molecule has 3 aliphatic rings. The van der Waals surface area contributed by atoms with Crippen molar-refractivity contribution >= 4 is 157 Å². The number of aromatic nitrogens is 20. The van der Waals surface area contributed by atoms with Gasteiger partial charge in [-0.2, -0.15) is 38.7 Å². The van der Waals surface area contributed by atoms with Crippen LogP contribution in [0, 0.1) is 0 Å². The van der Waals surface area contributed by atoms with Gasteiger partial charge in [0.25, 0.3) is 0 Å². The van der Waals surface area contributed by atoms with Gasteiger partial charge >= 0.3 is 0 Å². The van der Waals surface area contributed by atoms with Crippen molar-refractivity contribution in [3.63, 3.8) is 0 Å². The minimum absolute atomic E-state index is 0.00821. The van der Waals surface area contributed by atoms with Crippen LogP contribution in [0.5, 0.6) is 0 Å². The Bertz CT molecular complexity index is 6370. The largest absolute Gasteiger partial charge is 0.368 e. The number of sulfonamides is 4. The lowest BCUT2D eigenvalue weighted by atomic mass is 9.92. The number of primary sulfonamides is 3. The quantitative estimate of drug-likeness (QED) is 0.0369. The molecule has 27 N–H and O–H groups in total. The number of hydrogen-bond acceptors (Lipinski definition) is 39. The summed E-state index contributed by atoms with van der Waals surface area (Å²) < 4.78 is 99.3. The van der Waals surface area contributed by atoms with E-state index in [0.717, 1.165) is 76.1 Å². The van der Waals surface area contributed by atoms with E-state index in [1.54, 1.807) is 78.9 Å². The Kier molecular flexibility index (Phi) is 27.7. The Hall–Kier alpha value is -13.3. The van der Waals surface area contributed by atoms with Gasteiger partial charge in [-0.15, -0.1) is 20.4 Å². The molecular formula is C71H85Cl2N39O8S4. The van der Waals surface area contributed by atoms with E-state index in [1.807, 2.05) is 12.1 Å². The molecule has 5 aromatic carbocycles. The third kappa shape index (κ3) is 23.9. The van der Waals surface area contributed by atoms with Gasteiger partial charge in [-0.3, -0.25) is 0 Å². The van der Waals surface area contributed by atoms with Crippen molar-refractivity contribution in [2.75, 3.05) is 98.3 Å². The summed E-state index contributed by atoms with van der Waals surface area (Å²) in [5.41, 5.74) is 39.9. The highest BCUT2D eigenvalue weighted by atomic mass is 35.5. The average molecular weight is 1810 g/mol. The minimum atomic E-state index is -3.78. The molecule has 0 spiro atoms. The van der Waals surface area contributed by atoms with Crippen LogP contribution in [0.15, 0.2) is 180 Å². The molecule has 124 heavy (non-hydrogen) atoms. The Morgan fingerprint density at radius 3 is 1.27 bits per heavy atom. The van der Waals surface area contributed by atoms with E-state index in [1.165, 1.54) is 99.6 Å². The molecule has 16 rings (SSSR count). The highest BCUT2D eigenvalue weighted by Gasteiger charge is 2.25. The summed E-state index contributed by atoms with van der Waals surface area (Å²) in [4.78, 5) is 52.8. The first kappa shape index (κ1) is 88.5. The van der Waals surface area contributed by atoms with Crippen molar-refractivity contribution in [3.05, 3.63) is 186 Å². The molecule has 4 atom stereocenters. The highest BCUT2D eigenvalue weighted by molar-refractivity contribution is 7.89. The molecule has 3 unspecified atom stereocenters. The summed E-state index contributed by atoms with van der Waals surface area (Å²) in [7, 11) is -13.2. The van der Waals surface area contributed by atoms with Gasteiger partial charge in [0.2, 0.25) is 87.7 Å². The number of halogens is 2. The molecule has 3 fully saturated rings. The zero-order valence-corrected chi connectivity index (χ0v) is 70.4. The van der Waals surface area contributed by atoms with Gasteiger partial charge in [0.1, 0.15) is 48.6 Å². The van der Waals surface area contributed by atoms with Gasteiger partial charge in [-0.25, -0.2) is 93.7 Å². The van der Waals surface area contributed by atoms with Crippen LogP contribution < -0.4 is 102 Å². The monoisotopic (exact) mass is 1810 g/mol. The molecular weight excluding hydrogens is 1730 g/mol. The molecule has 53 heteroatoms. The van der Waals surface area contributed by atoms with Gasteiger partial charge in [0.05, 0.1) is 30.5 Å². The van der Waals surface area contributed by atoms with Gasteiger partial charge in [0, 0.05) is 97.4 Å². The van der Waals surface area contributed by atoms with Crippen molar-refractivity contribution < 1.29 is 33.7 Å². The lowest BCUT2D eigenvalue weighted by molar-refractivity contribution is 0.409. The Morgan fingerprint density at radius 1 is 0.460 bits per heavy atom. The van der Waals surface area contributed by atoms with Crippen LogP contribution in [0.2, 0.25) is 10.0 Å². The third-order valence-corrected chi connectivity index (χ3v) is 23.7. The second kappa shape index (κ2) is 38.8. The van der Waals surface area contributed by atoms with Crippen molar-refractivity contribution in [3.8, 4) is 23.3 Å². The lowest BCUT2D eigenvalue weighted by Crippen LogP contribution is -2.35. The maximum absolute atomic E-state index is 11.7. The summed E-state index contributed by atoms with van der Waals surface area (Å²) >= 11 is 12.3. The molecule has 2 aliphatic heterocycles. The van der Waals surface area contributed by atoms with Gasteiger partial charge in [0.15, 0.2) is 23.3 Å². The molecule has 0 amide bonds. The molecule has 13 aromatic rings. The van der Waals surface area contributed by atoms with E-state index in [0.29, 0.717) is 97.6 Å². The minimum Gasteiger partial charge on any atom is -0.368 e. The van der Waals surface area contributed by atoms with Crippen molar-refractivity contribution in [2.45, 2.75) is 89.7 Å². The van der Waals surface area contributed by atoms with Crippen LogP contribution >= 0.6 is 23.2 Å². The SMILES string of the molecule is CNS(=O)(=O)Cc1ccc(Nc2nc(N)n(-c3cc(NC4CCNC4)ncn3)n2)cc1.Nc1nc(Nc2ccc(S(N)(=O)=O)cc2)nn1-c1cc(N2CC[C@H](N)C2)ncn1.Nc1nc(Nc2ccc(S(N)(=O)=O)cc2)nn1-c1cc(NC2CCCC(N)C2)ncn1.Nc1nc(Nc2ccc(S(N)(=O)=O)cc2)nn1-c1cc(NCc2cccc(Cl)c2Cl)ncn1. The molecule has 0 radical (unpaired) electrons. The molecule has 47 nitrogen and oxygen atoms in total. The Balaban J connectivity index is 0.000000142. The average Bonchev–Trinajstić information content (AvgIpc) is 1.36. The van der Waals surface area contributed by atoms with Crippen LogP contribution in [-0.2, 0) is 52.4 Å². The van der Waals surface area contributed by atoms with Crippen LogP contribution in [0.25, 0.3) is 23.3 Å². The number of anilines is 16. The lowest BCUT2D eigenvalue weighted by Gasteiger charge is -2.27. The van der Waals surface area contributed by atoms with E-state index in [-0.39, 0.29) is 80.2 Å². The molecule has 2 saturated heterocycles. The number of nitrogen functional groups attached to an aromatic ring is 4. The normalized spacial score (nSPS) is 15.9. The smallest absolute Gasteiger partial charge is 0.248 e. The van der Waals surface area contributed by atoms with Crippen molar-refractivity contribution in [2.24, 2.45) is 26.9 Å². The number of benzene rings is 5. The first-order chi connectivity index (χ1) is 59.2. The fourth-order valence-electron chi connectivity index (χ4n) is 12.5. The second-order valence-electron chi connectivity index (χ2n) is 27.9. The predicted octanol–water partition coefficient (Wildman–Crippen LogP) is 3.44. The summed E-state index contributed by atoms with van der Waals surface area (Å²) in [6.45, 7) is 3.81. The predicted molar refractivity (Wildman–Crippen MR) is 467 cm³/mol. The van der Waals surface area contributed by atoms with Crippen molar-refractivity contribution in [1.29, 1.82) is 0 Å². The van der Waals surface area contributed by atoms with Crippen LogP contribution in [0.1, 0.15) is 49.7 Å². The summed E-state index contributed by atoms with van der Waals surface area (Å²) in [5, 5.41) is 58.7. The number of nitrogens with one attached hydrogen (secondary N) is 9. The molecule has 1 aliphatic carbocycles. The number of nitrogens with two attached hydrogens (primary N) is 9. The Morgan fingerprint density at radius 2 is 0.863 bits per heavy atom. The van der Waals surface area contributed by atoms with E-state index in [4.69, 9.17) is 73.0 Å². The highest BCUT2D eigenvalue weighted by Crippen LogP contribution is 2.30. The molecule has 10 heterocycles. The molecule has 1 saturated carbocycles. The number of rotatable bonds is 26. The first-order valence-corrected chi connectivity index (χ1v) is 44.6. The van der Waals surface area contributed by atoms with E-state index in [9.17, 15) is 33.7 Å². The maximum Gasteiger partial charge on any atom is 0.248 e. The number of nitrogens with zero attached hydrogens (tertiary/aromatic N) is 21. The summed E-state index contributed by atoms with van der Waals surface area (Å²) in [6, 6.07) is 37.7. The van der Waals surface area contributed by atoms with Gasteiger partial charge in [-0.05, 0) is 154 Å². The zero-order chi connectivity index (χ0) is 88.0. The van der Waals surface area contributed by atoms with E-state index >= 15 is 0 Å². The molecule has 650 valence electrons. The van der Waals surface area contributed by atoms with Crippen LogP contribution in [0.3, 0.4) is 0 Å². The maximum atomic E-state index is 11.7. The Labute approximate surface area is 719 Å². The van der Waals surface area contributed by atoms with Gasteiger partial charge in [-0.1, -0.05) is 47.5 Å².